The molecule has 0 saturated heterocycles. The van der Waals surface area contributed by atoms with E-state index in [0.29, 0.717) is 5.56 Å². The highest BCUT2D eigenvalue weighted by atomic mass is 35.5. The number of benzene rings is 3. The van der Waals surface area contributed by atoms with Crippen LogP contribution in [0.3, 0.4) is 0 Å². The SMILES string of the molecule is Cc1cc(S(=O)(=O)NC(=O)[C@@H](N)C(C)C)ccc1NC(=O)Cc1ccc(Cl)c(Oc2cc(Cl)cc(C#N)c2)c1F. The van der Waals surface area contributed by atoms with Crippen molar-refractivity contribution in [2.24, 2.45) is 11.7 Å². The number of aryl methyl sites for hydroxylation is 1. The number of nitrogens with two attached hydrogens (primary N) is 1. The van der Waals surface area contributed by atoms with Gasteiger partial charge in [0.2, 0.25) is 5.91 Å². The maximum atomic E-state index is 15.3. The smallest absolute Gasteiger partial charge is 0.264 e. The van der Waals surface area contributed by atoms with Crippen molar-refractivity contribution in [2.75, 3.05) is 5.32 Å². The van der Waals surface area contributed by atoms with Gasteiger partial charge < -0.3 is 15.8 Å². The molecule has 9 nitrogen and oxygen atoms in total. The van der Waals surface area contributed by atoms with Gasteiger partial charge in [0.05, 0.1) is 34.0 Å². The van der Waals surface area contributed by atoms with Crippen LogP contribution in [0.4, 0.5) is 10.1 Å². The van der Waals surface area contributed by atoms with Crippen molar-refractivity contribution in [2.45, 2.75) is 38.1 Å². The molecule has 0 saturated carbocycles. The van der Waals surface area contributed by atoms with Crippen molar-refractivity contribution >= 4 is 50.7 Å². The Hall–Kier alpha value is -3.69. The average molecular weight is 607 g/mol. The molecular formula is C27H25Cl2FN4O5S. The third-order valence-electron chi connectivity index (χ3n) is 5.74. The van der Waals surface area contributed by atoms with E-state index in [1.54, 1.807) is 20.8 Å². The van der Waals surface area contributed by atoms with Gasteiger partial charge in [-0.3, -0.25) is 9.59 Å². The Bertz CT molecular complexity index is 1620. The molecule has 210 valence electrons. The molecule has 3 aromatic carbocycles. The number of nitriles is 1. The van der Waals surface area contributed by atoms with Gasteiger partial charge in [-0.05, 0) is 60.9 Å². The van der Waals surface area contributed by atoms with Crippen molar-refractivity contribution in [3.8, 4) is 17.6 Å². The molecule has 0 heterocycles. The minimum absolute atomic E-state index is 0.0273. The van der Waals surface area contributed by atoms with Gasteiger partial charge in [-0.1, -0.05) is 43.1 Å². The van der Waals surface area contributed by atoms with Gasteiger partial charge >= 0.3 is 0 Å². The largest absolute Gasteiger partial charge is 0.453 e. The zero-order chi connectivity index (χ0) is 29.8. The van der Waals surface area contributed by atoms with Gasteiger partial charge in [-0.2, -0.15) is 5.26 Å². The van der Waals surface area contributed by atoms with Gasteiger partial charge in [-0.25, -0.2) is 17.5 Å². The van der Waals surface area contributed by atoms with Gasteiger partial charge in [-0.15, -0.1) is 0 Å². The molecule has 2 amide bonds. The molecule has 0 bridgehead atoms. The minimum Gasteiger partial charge on any atom is -0.453 e. The Balaban J connectivity index is 1.76. The summed E-state index contributed by atoms with van der Waals surface area (Å²) in [6.45, 7) is 4.94. The molecule has 0 aliphatic heterocycles. The van der Waals surface area contributed by atoms with E-state index in [1.807, 2.05) is 10.8 Å². The van der Waals surface area contributed by atoms with Crippen LogP contribution in [0.2, 0.25) is 10.0 Å². The average Bonchev–Trinajstić information content (AvgIpc) is 2.88. The summed E-state index contributed by atoms with van der Waals surface area (Å²) < 4.78 is 48.0. The van der Waals surface area contributed by atoms with Crippen molar-refractivity contribution in [3.05, 3.63) is 81.1 Å². The first kappa shape index (κ1) is 30.8. The van der Waals surface area contributed by atoms with E-state index < -0.39 is 40.1 Å². The van der Waals surface area contributed by atoms with Crippen LogP contribution in [-0.4, -0.2) is 26.3 Å². The maximum absolute atomic E-state index is 15.3. The number of hydrogen-bond acceptors (Lipinski definition) is 7. The molecule has 4 N–H and O–H groups in total. The van der Waals surface area contributed by atoms with E-state index in [2.05, 4.69) is 5.32 Å². The van der Waals surface area contributed by atoms with E-state index in [1.165, 1.54) is 48.5 Å². The van der Waals surface area contributed by atoms with Gasteiger partial charge in [0.25, 0.3) is 15.9 Å². The number of nitrogens with zero attached hydrogens (tertiary/aromatic N) is 1. The molecule has 0 aliphatic carbocycles. The highest BCUT2D eigenvalue weighted by molar-refractivity contribution is 7.90. The normalized spacial score (nSPS) is 12.0. The molecule has 0 fully saturated rings. The summed E-state index contributed by atoms with van der Waals surface area (Å²) in [5.74, 6) is -2.84. The van der Waals surface area contributed by atoms with E-state index in [9.17, 15) is 18.0 Å². The number of halogens is 3. The number of amides is 2. The summed E-state index contributed by atoms with van der Waals surface area (Å²) in [6.07, 6.45) is -0.402. The number of hydrogen-bond donors (Lipinski definition) is 3. The van der Waals surface area contributed by atoms with Gasteiger partial charge in [0, 0.05) is 16.3 Å². The van der Waals surface area contributed by atoms with Crippen LogP contribution in [0.1, 0.15) is 30.5 Å². The lowest BCUT2D eigenvalue weighted by Crippen LogP contribution is -2.46. The second-order valence-corrected chi connectivity index (χ2v) is 11.7. The molecule has 0 aliphatic rings. The molecule has 3 aromatic rings. The molecule has 3 rings (SSSR count). The Morgan fingerprint density at radius 2 is 1.82 bits per heavy atom. The molecule has 0 aromatic heterocycles. The lowest BCUT2D eigenvalue weighted by atomic mass is 10.1. The van der Waals surface area contributed by atoms with Crippen LogP contribution in [0.15, 0.2) is 53.4 Å². The Labute approximate surface area is 241 Å². The number of anilines is 1. The number of ether oxygens (including phenoxy) is 1. The maximum Gasteiger partial charge on any atom is 0.264 e. The van der Waals surface area contributed by atoms with Crippen molar-refractivity contribution in [3.63, 3.8) is 0 Å². The minimum atomic E-state index is -4.20. The summed E-state index contributed by atoms with van der Waals surface area (Å²) in [7, 11) is -4.20. The fourth-order valence-corrected chi connectivity index (χ4v) is 4.99. The summed E-state index contributed by atoms with van der Waals surface area (Å²) in [5.41, 5.74) is 6.55. The van der Waals surface area contributed by atoms with Crippen LogP contribution in [0, 0.1) is 30.0 Å². The summed E-state index contributed by atoms with van der Waals surface area (Å²) in [6, 6.07) is 11.6. The van der Waals surface area contributed by atoms with Crippen LogP contribution in [-0.2, 0) is 26.0 Å². The number of carbonyl (C=O) groups excluding carboxylic acids is 2. The first-order valence-corrected chi connectivity index (χ1v) is 14.0. The zero-order valence-corrected chi connectivity index (χ0v) is 23.9. The Kier molecular flexibility index (Phi) is 9.76. The predicted molar refractivity (Wildman–Crippen MR) is 149 cm³/mol. The topological polar surface area (TPSA) is 151 Å². The quantitative estimate of drug-likeness (QED) is 0.307. The van der Waals surface area contributed by atoms with Crippen LogP contribution in [0.25, 0.3) is 0 Å². The highest BCUT2D eigenvalue weighted by Gasteiger charge is 2.25. The molecule has 40 heavy (non-hydrogen) atoms. The Morgan fingerprint density at radius 1 is 1.12 bits per heavy atom. The second kappa shape index (κ2) is 12.7. The number of sulfonamides is 1. The molecular weight excluding hydrogens is 582 g/mol. The molecule has 0 spiro atoms. The van der Waals surface area contributed by atoms with E-state index in [-0.39, 0.29) is 49.2 Å². The van der Waals surface area contributed by atoms with Crippen molar-refractivity contribution in [1.29, 1.82) is 5.26 Å². The molecule has 0 unspecified atom stereocenters. The molecule has 1 atom stereocenters. The molecule has 0 radical (unpaired) electrons. The van der Waals surface area contributed by atoms with Crippen LogP contribution in [0.5, 0.6) is 11.5 Å². The standard InChI is InChI=1S/C27H25Cl2FN4O5S/c1-14(2)25(32)27(36)34-40(37,38)20-5-7-22(15(3)8-20)33-23(35)11-17-4-6-21(29)26(24(17)30)39-19-10-16(13-31)9-18(28)12-19/h4-10,12,14,25H,11,32H2,1-3H3,(H,33,35)(H,34,36)/t25-/m0/s1. The Morgan fingerprint density at radius 3 is 2.45 bits per heavy atom. The van der Waals surface area contributed by atoms with Crippen molar-refractivity contribution < 1.29 is 27.1 Å². The predicted octanol–water partition coefficient (Wildman–Crippen LogP) is 5.07. The summed E-state index contributed by atoms with van der Waals surface area (Å²) >= 11 is 12.1. The van der Waals surface area contributed by atoms with Gasteiger partial charge in [0.15, 0.2) is 11.6 Å². The number of rotatable bonds is 9. The zero-order valence-electron chi connectivity index (χ0n) is 21.6. The lowest BCUT2D eigenvalue weighted by molar-refractivity contribution is -0.121. The summed E-state index contributed by atoms with van der Waals surface area (Å²) in [5, 5.41) is 11.9. The third-order valence-corrected chi connectivity index (χ3v) is 7.60. The first-order valence-electron chi connectivity index (χ1n) is 11.8. The first-order chi connectivity index (χ1) is 18.7. The fraction of sp³-hybridized carbons (Fsp3) is 0.222. The van der Waals surface area contributed by atoms with Crippen molar-refractivity contribution in [1.82, 2.24) is 4.72 Å². The molecule has 13 heteroatoms. The van der Waals surface area contributed by atoms with Gasteiger partial charge in [0.1, 0.15) is 5.75 Å². The number of nitrogens with one attached hydrogen (secondary N) is 2. The van der Waals surface area contributed by atoms with Crippen LogP contribution >= 0.6 is 23.2 Å². The highest BCUT2D eigenvalue weighted by Crippen LogP contribution is 2.35. The third kappa shape index (κ3) is 7.49. The monoisotopic (exact) mass is 606 g/mol. The van der Waals surface area contributed by atoms with E-state index in [4.69, 9.17) is 38.9 Å². The van der Waals surface area contributed by atoms with E-state index >= 15 is 4.39 Å². The number of carbonyl (C=O) groups is 2. The lowest BCUT2D eigenvalue weighted by Gasteiger charge is -2.16. The van der Waals surface area contributed by atoms with Crippen LogP contribution < -0.4 is 20.5 Å². The second-order valence-electron chi connectivity index (χ2n) is 9.18. The van der Waals surface area contributed by atoms with E-state index in [0.717, 1.165) is 0 Å². The fourth-order valence-electron chi connectivity index (χ4n) is 3.48. The summed E-state index contributed by atoms with van der Waals surface area (Å²) in [4.78, 5) is 24.7.